The van der Waals surface area contributed by atoms with Crippen molar-refractivity contribution >= 4 is 22.1 Å². The van der Waals surface area contributed by atoms with Gasteiger partial charge in [0.05, 0.1) is 11.4 Å². The largest absolute Gasteiger partial charge is 0.397 e. The average molecular weight is 200 g/mol. The van der Waals surface area contributed by atoms with E-state index in [0.717, 1.165) is 0 Å². The molecule has 0 unspecified atom stereocenters. The van der Waals surface area contributed by atoms with Gasteiger partial charge in [-0.05, 0) is 60.4 Å². The van der Waals surface area contributed by atoms with Gasteiger partial charge < -0.3 is 11.5 Å². The number of nitrogen functional groups attached to an aromatic ring is 2. The Bertz CT molecular complexity index is 542. The third-order valence-electron chi connectivity index (χ3n) is 3.08. The molecule has 0 saturated carbocycles. The Balaban J connectivity index is 2.97. The van der Waals surface area contributed by atoms with Crippen LogP contribution in [0.4, 0.5) is 11.4 Å². The lowest BCUT2D eigenvalue weighted by molar-refractivity contribution is 1.34. The van der Waals surface area contributed by atoms with Crippen LogP contribution in [-0.4, -0.2) is 0 Å². The van der Waals surface area contributed by atoms with Crippen molar-refractivity contribution in [2.24, 2.45) is 0 Å². The van der Waals surface area contributed by atoms with Crippen LogP contribution in [0.5, 0.6) is 0 Å². The van der Waals surface area contributed by atoms with E-state index >= 15 is 0 Å². The van der Waals surface area contributed by atoms with Gasteiger partial charge in [-0.25, -0.2) is 0 Å². The monoisotopic (exact) mass is 200 g/mol. The molecule has 0 spiro atoms. The molecule has 0 saturated heterocycles. The van der Waals surface area contributed by atoms with Crippen molar-refractivity contribution in [3.05, 3.63) is 34.9 Å². The molecule has 0 aliphatic rings. The summed E-state index contributed by atoms with van der Waals surface area (Å²) in [6.07, 6.45) is 0. The number of hydrogen-bond acceptors (Lipinski definition) is 2. The third kappa shape index (κ3) is 1.42. The number of fused-ring (bicyclic) bond motifs is 1. The third-order valence-corrected chi connectivity index (χ3v) is 3.08. The fourth-order valence-electron chi connectivity index (χ4n) is 1.99. The Kier molecular flexibility index (Phi) is 2.07. The van der Waals surface area contributed by atoms with Gasteiger partial charge in [0.1, 0.15) is 0 Å². The molecule has 78 valence electrons. The molecule has 4 N–H and O–H groups in total. The zero-order valence-corrected chi connectivity index (χ0v) is 9.39. The summed E-state index contributed by atoms with van der Waals surface area (Å²) in [4.78, 5) is 0. The van der Waals surface area contributed by atoms with Crippen LogP contribution in [0, 0.1) is 20.8 Å². The number of rotatable bonds is 0. The van der Waals surface area contributed by atoms with Crippen LogP contribution in [0.1, 0.15) is 16.7 Å². The summed E-state index contributed by atoms with van der Waals surface area (Å²) < 4.78 is 0. The molecule has 0 aliphatic heterocycles. The molecule has 0 atom stereocenters. The van der Waals surface area contributed by atoms with Crippen LogP contribution in [-0.2, 0) is 0 Å². The van der Waals surface area contributed by atoms with E-state index in [9.17, 15) is 0 Å². The van der Waals surface area contributed by atoms with E-state index in [1.807, 2.05) is 12.1 Å². The highest BCUT2D eigenvalue weighted by molar-refractivity contribution is 5.95. The molecule has 2 rings (SSSR count). The predicted molar refractivity (Wildman–Crippen MR) is 67.0 cm³/mol. The summed E-state index contributed by atoms with van der Waals surface area (Å²) in [5.74, 6) is 0. The molecule has 0 heterocycles. The molecule has 15 heavy (non-hydrogen) atoms. The average Bonchev–Trinajstić information content (AvgIpc) is 2.18. The maximum atomic E-state index is 5.83. The molecule has 0 aliphatic carbocycles. The summed E-state index contributed by atoms with van der Waals surface area (Å²) in [7, 11) is 0. The van der Waals surface area contributed by atoms with Gasteiger partial charge in [-0.15, -0.1) is 0 Å². The normalized spacial score (nSPS) is 10.9. The van der Waals surface area contributed by atoms with E-state index in [2.05, 4.69) is 26.8 Å². The Morgan fingerprint density at radius 2 is 1.27 bits per heavy atom. The zero-order chi connectivity index (χ0) is 11.2. The van der Waals surface area contributed by atoms with Crippen LogP contribution in [0.2, 0.25) is 0 Å². The maximum Gasteiger partial charge on any atom is 0.0554 e. The van der Waals surface area contributed by atoms with Gasteiger partial charge in [-0.2, -0.15) is 0 Å². The molecule has 2 heteroatoms. The van der Waals surface area contributed by atoms with Crippen molar-refractivity contribution < 1.29 is 0 Å². The molecule has 0 radical (unpaired) electrons. The van der Waals surface area contributed by atoms with Crippen LogP contribution in [0.25, 0.3) is 10.8 Å². The maximum absolute atomic E-state index is 5.83. The highest BCUT2D eigenvalue weighted by Crippen LogP contribution is 2.30. The highest BCUT2D eigenvalue weighted by atomic mass is 14.7. The Labute approximate surface area is 89.9 Å². The summed E-state index contributed by atoms with van der Waals surface area (Å²) in [6.45, 7) is 6.34. The van der Waals surface area contributed by atoms with Gasteiger partial charge in [0.2, 0.25) is 0 Å². The molecule has 0 amide bonds. The first-order valence-corrected chi connectivity index (χ1v) is 5.06. The zero-order valence-electron chi connectivity index (χ0n) is 9.39. The van der Waals surface area contributed by atoms with Crippen LogP contribution < -0.4 is 11.5 Å². The lowest BCUT2D eigenvalue weighted by Crippen LogP contribution is -1.96. The molecule has 0 aromatic heterocycles. The van der Waals surface area contributed by atoms with Crippen LogP contribution in [0.3, 0.4) is 0 Å². The highest BCUT2D eigenvalue weighted by Gasteiger charge is 2.06. The van der Waals surface area contributed by atoms with Gasteiger partial charge in [0, 0.05) is 0 Å². The van der Waals surface area contributed by atoms with E-state index in [0.29, 0.717) is 11.4 Å². The van der Waals surface area contributed by atoms with Crippen molar-refractivity contribution in [1.29, 1.82) is 0 Å². The van der Waals surface area contributed by atoms with Crippen molar-refractivity contribution in [3.8, 4) is 0 Å². The second-order valence-corrected chi connectivity index (χ2v) is 4.16. The van der Waals surface area contributed by atoms with Gasteiger partial charge in [0.25, 0.3) is 0 Å². The van der Waals surface area contributed by atoms with Gasteiger partial charge in [-0.3, -0.25) is 0 Å². The van der Waals surface area contributed by atoms with E-state index in [4.69, 9.17) is 11.5 Å². The number of nitrogens with two attached hydrogens (primary N) is 2. The van der Waals surface area contributed by atoms with Crippen molar-refractivity contribution in [2.45, 2.75) is 20.8 Å². The molecule has 2 nitrogen and oxygen atoms in total. The fourth-order valence-corrected chi connectivity index (χ4v) is 1.99. The van der Waals surface area contributed by atoms with E-state index in [1.54, 1.807) is 0 Å². The van der Waals surface area contributed by atoms with Crippen LogP contribution >= 0.6 is 0 Å². The standard InChI is InChI=1S/C13H16N2/c1-7-4-8(2)10-5-12(14)13(15)6-11(10)9(7)3/h4-6H,14-15H2,1-3H3. The van der Waals surface area contributed by atoms with Gasteiger partial charge >= 0.3 is 0 Å². The Morgan fingerprint density at radius 3 is 1.87 bits per heavy atom. The molecular weight excluding hydrogens is 184 g/mol. The molecule has 2 aromatic rings. The second kappa shape index (κ2) is 3.16. The molecule has 0 fully saturated rings. The summed E-state index contributed by atoms with van der Waals surface area (Å²) in [5.41, 5.74) is 16.8. The summed E-state index contributed by atoms with van der Waals surface area (Å²) in [6, 6.07) is 6.12. The van der Waals surface area contributed by atoms with Crippen molar-refractivity contribution in [3.63, 3.8) is 0 Å². The quantitative estimate of drug-likeness (QED) is 0.642. The van der Waals surface area contributed by atoms with Crippen molar-refractivity contribution in [1.82, 2.24) is 0 Å². The van der Waals surface area contributed by atoms with E-state index in [1.165, 1.54) is 27.5 Å². The fraction of sp³-hybridized carbons (Fsp3) is 0.231. The van der Waals surface area contributed by atoms with Gasteiger partial charge in [-0.1, -0.05) is 6.07 Å². The topological polar surface area (TPSA) is 52.0 Å². The second-order valence-electron chi connectivity index (χ2n) is 4.16. The first-order chi connectivity index (χ1) is 7.00. The minimum absolute atomic E-state index is 0.661. The molecule has 2 aromatic carbocycles. The van der Waals surface area contributed by atoms with Crippen molar-refractivity contribution in [2.75, 3.05) is 11.5 Å². The number of hydrogen-bond donors (Lipinski definition) is 2. The first kappa shape index (κ1) is 9.84. The number of anilines is 2. The van der Waals surface area contributed by atoms with E-state index < -0.39 is 0 Å². The first-order valence-electron chi connectivity index (χ1n) is 5.06. The predicted octanol–water partition coefficient (Wildman–Crippen LogP) is 2.93. The summed E-state index contributed by atoms with van der Waals surface area (Å²) in [5, 5.41) is 2.41. The smallest absolute Gasteiger partial charge is 0.0554 e. The SMILES string of the molecule is Cc1cc(C)c2cc(N)c(N)cc2c1C. The van der Waals surface area contributed by atoms with Crippen LogP contribution in [0.15, 0.2) is 18.2 Å². The Hall–Kier alpha value is -1.70. The van der Waals surface area contributed by atoms with E-state index in [-0.39, 0.29) is 0 Å². The molecule has 0 bridgehead atoms. The number of benzene rings is 2. The lowest BCUT2D eigenvalue weighted by atomic mass is 9.96. The lowest BCUT2D eigenvalue weighted by Gasteiger charge is -2.11. The minimum Gasteiger partial charge on any atom is -0.397 e. The minimum atomic E-state index is 0.661. The molecular formula is C13H16N2. The number of aryl methyl sites for hydroxylation is 3. The summed E-state index contributed by atoms with van der Waals surface area (Å²) >= 11 is 0. The van der Waals surface area contributed by atoms with Gasteiger partial charge in [0.15, 0.2) is 0 Å². The Morgan fingerprint density at radius 1 is 0.733 bits per heavy atom.